The van der Waals surface area contributed by atoms with Crippen molar-refractivity contribution < 1.29 is 4.79 Å². The van der Waals surface area contributed by atoms with Crippen LogP contribution in [0.15, 0.2) is 11.6 Å². The Labute approximate surface area is 104 Å². The largest absolute Gasteiger partial charge is 0.348 e. The number of carbonyl (C=O) groups is 1. The van der Waals surface area contributed by atoms with E-state index in [2.05, 4.69) is 14.8 Å². The maximum atomic E-state index is 11.8. The average molecular weight is 250 g/mol. The number of nitrogens with one attached hydrogen (secondary N) is 1. The molecule has 2 aromatic rings. The summed E-state index contributed by atoms with van der Waals surface area (Å²) in [7, 11) is 1.88. The highest BCUT2D eigenvalue weighted by molar-refractivity contribution is 7.03. The normalized spacial score (nSPS) is 10.5. The smallest absolute Gasteiger partial charge is 0.254 e. The molecule has 0 aromatic carbocycles. The molecular weight excluding hydrogens is 236 g/mol. The first kappa shape index (κ1) is 11.8. The molecule has 6 heteroatoms. The van der Waals surface area contributed by atoms with Gasteiger partial charge in [0.15, 0.2) is 0 Å². The van der Waals surface area contributed by atoms with Gasteiger partial charge in [-0.2, -0.15) is 9.47 Å². The molecule has 17 heavy (non-hydrogen) atoms. The van der Waals surface area contributed by atoms with E-state index < -0.39 is 0 Å². The van der Waals surface area contributed by atoms with Gasteiger partial charge in [0, 0.05) is 30.2 Å². The summed E-state index contributed by atoms with van der Waals surface area (Å²) < 4.78 is 5.87. The molecule has 0 radical (unpaired) electrons. The summed E-state index contributed by atoms with van der Waals surface area (Å²) in [4.78, 5) is 11.8. The van der Waals surface area contributed by atoms with E-state index in [4.69, 9.17) is 0 Å². The Hall–Kier alpha value is -1.69. The van der Waals surface area contributed by atoms with Gasteiger partial charge in [0.05, 0.1) is 17.5 Å². The first-order chi connectivity index (χ1) is 8.09. The van der Waals surface area contributed by atoms with E-state index in [-0.39, 0.29) is 5.91 Å². The molecule has 0 fully saturated rings. The number of rotatable bonds is 3. The molecule has 0 aliphatic carbocycles. The van der Waals surface area contributed by atoms with Gasteiger partial charge in [-0.05, 0) is 25.4 Å². The van der Waals surface area contributed by atoms with Gasteiger partial charge in [-0.1, -0.05) is 0 Å². The van der Waals surface area contributed by atoms with Gasteiger partial charge in [0.25, 0.3) is 5.91 Å². The Kier molecular flexibility index (Phi) is 3.23. The third-order valence-electron chi connectivity index (χ3n) is 2.77. The van der Waals surface area contributed by atoms with Crippen LogP contribution in [0.25, 0.3) is 0 Å². The monoisotopic (exact) mass is 250 g/mol. The van der Waals surface area contributed by atoms with Gasteiger partial charge in [-0.15, -0.1) is 0 Å². The van der Waals surface area contributed by atoms with Crippen molar-refractivity contribution in [2.24, 2.45) is 7.05 Å². The van der Waals surface area contributed by atoms with Crippen molar-refractivity contribution in [3.63, 3.8) is 0 Å². The standard InChI is InChI=1S/C11H14N4OS/c1-7-10(6-17-14-7)11(16)12-4-9-5-13-15(3)8(9)2/h5-6H,4H2,1-3H3,(H,12,16). The summed E-state index contributed by atoms with van der Waals surface area (Å²) in [5.74, 6) is -0.0838. The van der Waals surface area contributed by atoms with E-state index in [1.54, 1.807) is 16.3 Å². The van der Waals surface area contributed by atoms with Gasteiger partial charge in [0.1, 0.15) is 0 Å². The summed E-state index contributed by atoms with van der Waals surface area (Å²) in [5, 5.41) is 8.76. The molecule has 0 unspecified atom stereocenters. The second-order valence-electron chi connectivity index (χ2n) is 3.88. The van der Waals surface area contributed by atoms with Gasteiger partial charge in [-0.25, -0.2) is 0 Å². The van der Waals surface area contributed by atoms with E-state index >= 15 is 0 Å². The maximum absolute atomic E-state index is 11.8. The van der Waals surface area contributed by atoms with Crippen LogP contribution in [0.1, 0.15) is 27.3 Å². The fourth-order valence-electron chi connectivity index (χ4n) is 1.50. The predicted octanol–water partition coefficient (Wildman–Crippen LogP) is 1.42. The summed E-state index contributed by atoms with van der Waals surface area (Å²) in [6.07, 6.45) is 1.77. The molecule has 0 spiro atoms. The fourth-order valence-corrected chi connectivity index (χ4v) is 2.19. The highest BCUT2D eigenvalue weighted by Gasteiger charge is 2.11. The molecule has 0 aliphatic rings. The lowest BCUT2D eigenvalue weighted by molar-refractivity contribution is 0.0950. The molecule has 90 valence electrons. The highest BCUT2D eigenvalue weighted by Crippen LogP contribution is 2.10. The van der Waals surface area contributed by atoms with Gasteiger partial charge in [-0.3, -0.25) is 9.48 Å². The van der Waals surface area contributed by atoms with Crippen molar-refractivity contribution in [1.82, 2.24) is 19.5 Å². The van der Waals surface area contributed by atoms with E-state index in [9.17, 15) is 4.79 Å². The van der Waals surface area contributed by atoms with Crippen molar-refractivity contribution >= 4 is 17.4 Å². The van der Waals surface area contributed by atoms with E-state index in [0.717, 1.165) is 17.0 Å². The van der Waals surface area contributed by atoms with Crippen LogP contribution in [0.2, 0.25) is 0 Å². The second kappa shape index (κ2) is 4.67. The second-order valence-corrected chi connectivity index (χ2v) is 4.50. The van der Waals surface area contributed by atoms with Crippen molar-refractivity contribution in [2.45, 2.75) is 20.4 Å². The van der Waals surface area contributed by atoms with Crippen molar-refractivity contribution in [3.8, 4) is 0 Å². The lowest BCUT2D eigenvalue weighted by Gasteiger charge is -2.04. The van der Waals surface area contributed by atoms with Crippen LogP contribution in [-0.2, 0) is 13.6 Å². The van der Waals surface area contributed by atoms with Crippen molar-refractivity contribution in [1.29, 1.82) is 0 Å². The zero-order valence-electron chi connectivity index (χ0n) is 10.0. The fraction of sp³-hybridized carbons (Fsp3) is 0.364. The zero-order valence-corrected chi connectivity index (χ0v) is 10.8. The van der Waals surface area contributed by atoms with Crippen LogP contribution in [0.5, 0.6) is 0 Å². The molecule has 0 saturated carbocycles. The molecule has 0 bridgehead atoms. The molecule has 2 heterocycles. The van der Waals surface area contributed by atoms with E-state index in [1.165, 1.54) is 11.5 Å². The third kappa shape index (κ3) is 2.36. The molecule has 0 aliphatic heterocycles. The summed E-state index contributed by atoms with van der Waals surface area (Å²) in [6, 6.07) is 0. The van der Waals surface area contributed by atoms with Crippen molar-refractivity contribution in [3.05, 3.63) is 34.1 Å². The summed E-state index contributed by atoms with van der Waals surface area (Å²) >= 11 is 1.30. The molecule has 0 atom stereocenters. The Morgan fingerprint density at radius 3 is 2.82 bits per heavy atom. The highest BCUT2D eigenvalue weighted by atomic mass is 32.1. The Morgan fingerprint density at radius 1 is 1.53 bits per heavy atom. The molecule has 1 N–H and O–H groups in total. The zero-order chi connectivity index (χ0) is 12.4. The molecular formula is C11H14N4OS. The van der Waals surface area contributed by atoms with Crippen LogP contribution in [0.3, 0.4) is 0 Å². The van der Waals surface area contributed by atoms with E-state index in [1.807, 2.05) is 20.9 Å². The predicted molar refractivity (Wildman–Crippen MR) is 66.0 cm³/mol. The molecule has 2 aromatic heterocycles. The minimum Gasteiger partial charge on any atom is -0.348 e. The Balaban J connectivity index is 2.02. The van der Waals surface area contributed by atoms with Gasteiger partial charge in [0.2, 0.25) is 0 Å². The minimum atomic E-state index is -0.0838. The molecule has 5 nitrogen and oxygen atoms in total. The lowest BCUT2D eigenvalue weighted by Crippen LogP contribution is -2.23. The number of aryl methyl sites for hydroxylation is 2. The number of nitrogens with zero attached hydrogens (tertiary/aromatic N) is 3. The van der Waals surface area contributed by atoms with Crippen molar-refractivity contribution in [2.75, 3.05) is 0 Å². The van der Waals surface area contributed by atoms with Gasteiger partial charge < -0.3 is 5.32 Å². The number of carbonyl (C=O) groups excluding carboxylic acids is 1. The topological polar surface area (TPSA) is 59.8 Å². The molecule has 0 saturated heterocycles. The van der Waals surface area contributed by atoms with Crippen LogP contribution in [-0.4, -0.2) is 20.1 Å². The molecule has 2 rings (SSSR count). The number of hydrogen-bond donors (Lipinski definition) is 1. The minimum absolute atomic E-state index is 0.0838. The van der Waals surface area contributed by atoms with E-state index in [0.29, 0.717) is 12.1 Å². The van der Waals surface area contributed by atoms with Crippen LogP contribution < -0.4 is 5.32 Å². The summed E-state index contributed by atoms with van der Waals surface area (Å²) in [5.41, 5.74) is 3.51. The third-order valence-corrected chi connectivity index (χ3v) is 3.49. The van der Waals surface area contributed by atoms with Crippen LogP contribution >= 0.6 is 11.5 Å². The van der Waals surface area contributed by atoms with Crippen LogP contribution in [0.4, 0.5) is 0 Å². The van der Waals surface area contributed by atoms with Gasteiger partial charge >= 0.3 is 0 Å². The number of amides is 1. The maximum Gasteiger partial charge on any atom is 0.254 e. The Bertz CT molecular complexity index is 543. The Morgan fingerprint density at radius 2 is 2.29 bits per heavy atom. The average Bonchev–Trinajstić information content (AvgIpc) is 2.85. The summed E-state index contributed by atoms with van der Waals surface area (Å²) in [6.45, 7) is 4.31. The first-order valence-electron chi connectivity index (χ1n) is 5.26. The number of hydrogen-bond acceptors (Lipinski definition) is 4. The molecule has 1 amide bonds. The first-order valence-corrected chi connectivity index (χ1v) is 6.10. The SMILES string of the molecule is Cc1nscc1C(=O)NCc1cnn(C)c1C. The lowest BCUT2D eigenvalue weighted by atomic mass is 10.2. The quantitative estimate of drug-likeness (QED) is 0.896. The van der Waals surface area contributed by atoms with Crippen LogP contribution in [0, 0.1) is 13.8 Å². The number of aromatic nitrogens is 3.